The van der Waals surface area contributed by atoms with Crippen molar-refractivity contribution in [2.45, 2.75) is 19.3 Å². The Balaban J connectivity index is 1.43. The summed E-state index contributed by atoms with van der Waals surface area (Å²) in [5, 5.41) is 24.6. The van der Waals surface area contributed by atoms with Gasteiger partial charge in [0.1, 0.15) is 11.4 Å². The van der Waals surface area contributed by atoms with Gasteiger partial charge in [-0.05, 0) is 60.9 Å². The van der Waals surface area contributed by atoms with Crippen molar-refractivity contribution in [3.05, 3.63) is 89.1 Å². The van der Waals surface area contributed by atoms with Crippen molar-refractivity contribution in [1.29, 1.82) is 5.26 Å². The Morgan fingerprint density at radius 1 is 1.00 bits per heavy atom. The number of aromatic nitrogens is 1. The summed E-state index contributed by atoms with van der Waals surface area (Å²) in [5.74, 6) is -1.18. The molecule has 9 nitrogen and oxygen atoms in total. The maximum absolute atomic E-state index is 12.9. The molecule has 4 rings (SSSR count). The first kappa shape index (κ1) is 25.0. The zero-order valence-corrected chi connectivity index (χ0v) is 20.0. The standard InChI is InChI=1S/C28H24N4O5/c1-37-20-11-8-17(9-12-20)4-2-7-25(33)30-23-6-3-5-19-15-24(31-26(19)23)27(34)32-22-13-10-18(16-29)14-21(22)28(35)36/h3,5-6,8-15,31H,2,4,7H2,1H3,(H,30,33)(H,32,34)(H,35,36). The molecule has 0 fully saturated rings. The molecule has 2 amide bonds. The molecular weight excluding hydrogens is 472 g/mol. The quantitative estimate of drug-likeness (QED) is 0.258. The molecular formula is C28H24N4O5. The minimum absolute atomic E-state index is 0.0699. The first-order valence-corrected chi connectivity index (χ1v) is 11.5. The van der Waals surface area contributed by atoms with Gasteiger partial charge in [-0.25, -0.2) is 4.79 Å². The van der Waals surface area contributed by atoms with Crippen LogP contribution in [0, 0.1) is 11.3 Å². The number of aromatic carboxylic acids is 1. The van der Waals surface area contributed by atoms with E-state index in [9.17, 15) is 19.5 Å². The number of carbonyl (C=O) groups is 3. The summed E-state index contributed by atoms with van der Waals surface area (Å²) in [6, 6.07) is 20.5. The summed E-state index contributed by atoms with van der Waals surface area (Å²) in [6.07, 6.45) is 1.75. The van der Waals surface area contributed by atoms with Crippen LogP contribution in [-0.4, -0.2) is 35.0 Å². The number of para-hydroxylation sites is 1. The van der Waals surface area contributed by atoms with Gasteiger partial charge in [-0.3, -0.25) is 9.59 Å². The topological polar surface area (TPSA) is 144 Å². The fourth-order valence-electron chi connectivity index (χ4n) is 3.93. The van der Waals surface area contributed by atoms with E-state index >= 15 is 0 Å². The third-order valence-electron chi connectivity index (χ3n) is 5.83. The number of carboxylic acids is 1. The molecule has 9 heteroatoms. The maximum atomic E-state index is 12.9. The summed E-state index contributed by atoms with van der Waals surface area (Å²) < 4.78 is 5.16. The number of benzene rings is 3. The molecule has 0 unspecified atom stereocenters. The molecule has 4 N–H and O–H groups in total. The number of aryl methyl sites for hydroxylation is 1. The number of hydrogen-bond donors (Lipinski definition) is 4. The predicted molar refractivity (Wildman–Crippen MR) is 139 cm³/mol. The summed E-state index contributed by atoms with van der Waals surface area (Å²) in [5.41, 5.74) is 2.48. The molecule has 37 heavy (non-hydrogen) atoms. The summed E-state index contributed by atoms with van der Waals surface area (Å²) in [7, 11) is 1.62. The normalized spacial score (nSPS) is 10.5. The maximum Gasteiger partial charge on any atom is 0.337 e. The van der Waals surface area contributed by atoms with Gasteiger partial charge in [0.2, 0.25) is 5.91 Å². The van der Waals surface area contributed by atoms with Gasteiger partial charge in [-0.15, -0.1) is 0 Å². The minimum Gasteiger partial charge on any atom is -0.497 e. The highest BCUT2D eigenvalue weighted by Gasteiger charge is 2.17. The number of ether oxygens (including phenoxy) is 1. The van der Waals surface area contributed by atoms with Gasteiger partial charge in [-0.1, -0.05) is 24.3 Å². The number of nitrogens with zero attached hydrogens (tertiary/aromatic N) is 1. The lowest BCUT2D eigenvalue weighted by molar-refractivity contribution is -0.116. The van der Waals surface area contributed by atoms with Crippen LogP contribution >= 0.6 is 0 Å². The van der Waals surface area contributed by atoms with Crippen LogP contribution in [0.5, 0.6) is 5.75 Å². The van der Waals surface area contributed by atoms with Gasteiger partial charge >= 0.3 is 5.97 Å². The van der Waals surface area contributed by atoms with Gasteiger partial charge in [0.15, 0.2) is 0 Å². The fourth-order valence-corrected chi connectivity index (χ4v) is 3.93. The Morgan fingerprint density at radius 2 is 1.78 bits per heavy atom. The molecule has 0 bridgehead atoms. The molecule has 0 atom stereocenters. The van der Waals surface area contributed by atoms with Crippen molar-refractivity contribution in [1.82, 2.24) is 4.98 Å². The van der Waals surface area contributed by atoms with Crippen molar-refractivity contribution >= 4 is 40.1 Å². The fraction of sp³-hybridized carbons (Fsp3) is 0.143. The smallest absolute Gasteiger partial charge is 0.337 e. The zero-order valence-electron chi connectivity index (χ0n) is 20.0. The number of anilines is 2. The highest BCUT2D eigenvalue weighted by molar-refractivity contribution is 6.10. The lowest BCUT2D eigenvalue weighted by Gasteiger charge is -2.08. The Labute approximate surface area is 212 Å². The van der Waals surface area contributed by atoms with Crippen LogP contribution in [0.25, 0.3) is 10.9 Å². The van der Waals surface area contributed by atoms with Crippen molar-refractivity contribution in [3.63, 3.8) is 0 Å². The second kappa shape index (κ2) is 11.1. The van der Waals surface area contributed by atoms with E-state index in [1.54, 1.807) is 31.4 Å². The third-order valence-corrected chi connectivity index (χ3v) is 5.83. The molecule has 4 aromatic rings. The molecule has 3 aromatic carbocycles. The van der Waals surface area contributed by atoms with Crippen LogP contribution in [0.4, 0.5) is 11.4 Å². The minimum atomic E-state index is -1.26. The monoisotopic (exact) mass is 496 g/mol. The van der Waals surface area contributed by atoms with Crippen LogP contribution in [0.2, 0.25) is 0 Å². The van der Waals surface area contributed by atoms with Crippen LogP contribution in [-0.2, 0) is 11.2 Å². The first-order chi connectivity index (χ1) is 17.9. The lowest BCUT2D eigenvalue weighted by Crippen LogP contribution is -2.15. The van der Waals surface area contributed by atoms with Crippen molar-refractivity contribution in [2.75, 3.05) is 17.7 Å². The zero-order chi connectivity index (χ0) is 26.4. The highest BCUT2D eigenvalue weighted by Crippen LogP contribution is 2.25. The predicted octanol–water partition coefficient (Wildman–Crippen LogP) is 4.96. The van der Waals surface area contributed by atoms with Crippen LogP contribution in [0.1, 0.15) is 44.8 Å². The van der Waals surface area contributed by atoms with Gasteiger partial charge in [0.05, 0.1) is 41.2 Å². The molecule has 0 radical (unpaired) electrons. The molecule has 0 aliphatic carbocycles. The number of nitrogens with one attached hydrogen (secondary N) is 3. The molecule has 1 heterocycles. The van der Waals surface area contributed by atoms with E-state index in [0.717, 1.165) is 17.7 Å². The van der Waals surface area contributed by atoms with E-state index in [0.29, 0.717) is 29.4 Å². The number of carbonyl (C=O) groups excluding carboxylic acids is 2. The summed E-state index contributed by atoms with van der Waals surface area (Å²) in [4.78, 5) is 40.0. The Bertz CT molecular complexity index is 1520. The number of amides is 2. The van der Waals surface area contributed by atoms with E-state index in [-0.39, 0.29) is 28.4 Å². The molecule has 1 aromatic heterocycles. The number of fused-ring (bicyclic) bond motifs is 1. The number of H-pyrrole nitrogens is 1. The molecule has 0 saturated carbocycles. The molecule has 0 aliphatic heterocycles. The number of carboxylic acid groups (broad SMARTS) is 1. The average Bonchev–Trinajstić information content (AvgIpc) is 3.35. The van der Waals surface area contributed by atoms with E-state index in [1.165, 1.54) is 18.2 Å². The summed E-state index contributed by atoms with van der Waals surface area (Å²) >= 11 is 0. The summed E-state index contributed by atoms with van der Waals surface area (Å²) in [6.45, 7) is 0. The van der Waals surface area contributed by atoms with Gasteiger partial charge in [-0.2, -0.15) is 5.26 Å². The SMILES string of the molecule is COc1ccc(CCCC(=O)Nc2cccc3cc(C(=O)Nc4ccc(C#N)cc4C(=O)O)[nH]c23)cc1. The van der Waals surface area contributed by atoms with Crippen molar-refractivity contribution in [3.8, 4) is 11.8 Å². The van der Waals surface area contributed by atoms with Crippen molar-refractivity contribution < 1.29 is 24.2 Å². The number of rotatable bonds is 9. The van der Waals surface area contributed by atoms with Gasteiger partial charge in [0.25, 0.3) is 5.91 Å². The van der Waals surface area contributed by atoms with Gasteiger partial charge < -0.3 is 25.5 Å². The Morgan fingerprint density at radius 3 is 2.49 bits per heavy atom. The van der Waals surface area contributed by atoms with E-state index in [1.807, 2.05) is 30.3 Å². The lowest BCUT2D eigenvalue weighted by atomic mass is 10.1. The number of methoxy groups -OCH3 is 1. The Hall–Kier alpha value is -5.10. The molecule has 0 aliphatic rings. The third kappa shape index (κ3) is 5.94. The molecule has 0 spiro atoms. The molecule has 0 saturated heterocycles. The Kier molecular flexibility index (Phi) is 7.50. The molecule has 186 valence electrons. The van der Waals surface area contributed by atoms with E-state index in [4.69, 9.17) is 10.00 Å². The first-order valence-electron chi connectivity index (χ1n) is 11.5. The van der Waals surface area contributed by atoms with Crippen LogP contribution in [0.15, 0.2) is 66.7 Å². The van der Waals surface area contributed by atoms with Crippen molar-refractivity contribution in [2.24, 2.45) is 0 Å². The van der Waals surface area contributed by atoms with Gasteiger partial charge in [0, 0.05) is 11.8 Å². The average molecular weight is 497 g/mol. The second-order valence-electron chi connectivity index (χ2n) is 8.33. The second-order valence-corrected chi connectivity index (χ2v) is 8.33. The van der Waals surface area contributed by atoms with E-state index < -0.39 is 11.9 Å². The van der Waals surface area contributed by atoms with Crippen LogP contribution in [0.3, 0.4) is 0 Å². The van der Waals surface area contributed by atoms with E-state index in [2.05, 4.69) is 15.6 Å². The van der Waals surface area contributed by atoms with Crippen LogP contribution < -0.4 is 15.4 Å². The highest BCUT2D eigenvalue weighted by atomic mass is 16.5. The largest absolute Gasteiger partial charge is 0.497 e. The number of aromatic amines is 1. The number of hydrogen-bond acceptors (Lipinski definition) is 5. The number of nitriles is 1.